The molecule has 0 spiro atoms. The number of aliphatic hydroxyl groups is 4. The molecular formula is C12H28O16PbS4-4. The Labute approximate surface area is 214 Å². The van der Waals surface area contributed by atoms with E-state index in [1.54, 1.807) is 0 Å². The van der Waals surface area contributed by atoms with Crippen LogP contribution in [0, 0.1) is 0 Å². The van der Waals surface area contributed by atoms with Crippen LogP contribution in [0.2, 0.25) is 0 Å². The van der Waals surface area contributed by atoms with Gasteiger partial charge in [-0.2, -0.15) is 0 Å². The van der Waals surface area contributed by atoms with Gasteiger partial charge in [-0.3, -0.25) is 0 Å². The van der Waals surface area contributed by atoms with Crippen molar-refractivity contribution in [3.8, 4) is 0 Å². The summed E-state index contributed by atoms with van der Waals surface area (Å²) in [6, 6.07) is 0. The molecule has 0 fully saturated rings. The van der Waals surface area contributed by atoms with Gasteiger partial charge in [-0.25, -0.2) is 33.7 Å². The zero-order valence-electron chi connectivity index (χ0n) is 18.0. The van der Waals surface area contributed by atoms with Crippen molar-refractivity contribution in [2.75, 3.05) is 0 Å². The van der Waals surface area contributed by atoms with Crippen molar-refractivity contribution in [3.05, 3.63) is 0 Å². The molecular weight excluding hydrogens is 736 g/mol. The molecule has 0 bridgehead atoms. The molecule has 0 heterocycles. The van der Waals surface area contributed by atoms with Crippen molar-refractivity contribution in [2.45, 2.75) is 75.1 Å². The Morgan fingerprint density at radius 2 is 0.545 bits per heavy atom. The van der Waals surface area contributed by atoms with Crippen LogP contribution in [0.25, 0.3) is 0 Å². The minimum absolute atomic E-state index is 0. The summed E-state index contributed by atoms with van der Waals surface area (Å²) in [5.41, 5.74) is -6.94. The van der Waals surface area contributed by atoms with Crippen molar-refractivity contribution in [1.29, 1.82) is 0 Å². The smallest absolute Gasteiger partial charge is 0.143 e. The molecule has 204 valence electrons. The molecule has 16 nitrogen and oxygen atoms in total. The van der Waals surface area contributed by atoms with Gasteiger partial charge in [0.2, 0.25) is 0 Å². The van der Waals surface area contributed by atoms with E-state index in [4.69, 9.17) is 20.4 Å². The summed E-state index contributed by atoms with van der Waals surface area (Å²) >= 11 is 0. The molecule has 0 aromatic rings. The van der Waals surface area contributed by atoms with Crippen LogP contribution in [0.5, 0.6) is 0 Å². The molecule has 0 aromatic heterocycles. The average molecular weight is 764 g/mol. The summed E-state index contributed by atoms with van der Waals surface area (Å²) in [5.74, 6) is 0. The minimum atomic E-state index is -4.45. The summed E-state index contributed by atoms with van der Waals surface area (Å²) in [4.78, 5) is 0. The van der Waals surface area contributed by atoms with E-state index in [0.29, 0.717) is 0 Å². The van der Waals surface area contributed by atoms with Gasteiger partial charge in [0.25, 0.3) is 0 Å². The second-order valence-electron chi connectivity index (χ2n) is 5.42. The molecule has 4 N–H and O–H groups in total. The summed E-state index contributed by atoms with van der Waals surface area (Å²) in [5, 5.41) is 33.2. The van der Waals surface area contributed by atoms with E-state index in [1.165, 1.54) is 27.7 Å². The van der Waals surface area contributed by atoms with Crippen LogP contribution in [-0.2, 0) is 40.5 Å². The summed E-state index contributed by atoms with van der Waals surface area (Å²) in [6.07, 6.45) is -0.199. The van der Waals surface area contributed by atoms with E-state index in [-0.39, 0.29) is 53.0 Å². The fourth-order valence-corrected chi connectivity index (χ4v) is 2.45. The van der Waals surface area contributed by atoms with Crippen LogP contribution in [0.15, 0.2) is 0 Å². The summed E-state index contributed by atoms with van der Waals surface area (Å²) in [6.45, 7) is 5.67. The zero-order valence-corrected chi connectivity index (χ0v) is 25.1. The fourth-order valence-electron chi connectivity index (χ4n) is 0.816. The van der Waals surface area contributed by atoms with Crippen LogP contribution in [-0.4, -0.2) is 121 Å². The Kier molecular flexibility index (Phi) is 25.8. The third-order valence-corrected chi connectivity index (χ3v) is 6.73. The molecule has 0 saturated heterocycles. The Hall–Kier alpha value is 0.402. The molecule has 0 aliphatic rings. The first-order valence-electron chi connectivity index (χ1n) is 8.44. The Bertz CT molecular complexity index is 745. The van der Waals surface area contributed by atoms with Gasteiger partial charge in [0.05, 0.1) is 0 Å². The van der Waals surface area contributed by atoms with Crippen molar-refractivity contribution in [3.63, 3.8) is 0 Å². The molecule has 4 radical (unpaired) electrons. The maximum Gasteiger partial charge on any atom is 0.143 e. The second-order valence-corrected chi connectivity index (χ2v) is 11.5. The molecule has 0 rings (SSSR count). The van der Waals surface area contributed by atoms with Crippen molar-refractivity contribution in [2.24, 2.45) is 0 Å². The molecule has 0 saturated carbocycles. The van der Waals surface area contributed by atoms with Crippen LogP contribution in [0.4, 0.5) is 0 Å². The van der Waals surface area contributed by atoms with Gasteiger partial charge < -0.3 is 38.6 Å². The van der Waals surface area contributed by atoms with Crippen LogP contribution in [0.1, 0.15) is 53.4 Å². The SMILES string of the molecule is CCC(O)S(=O)(=O)[O-].CCC(O)S(=O)(=O)[O-].CCC(O)S(=O)(=O)[O-].CCC(O)S(=O)(=O)[O-].[Pb]. The van der Waals surface area contributed by atoms with E-state index in [9.17, 15) is 51.9 Å². The van der Waals surface area contributed by atoms with E-state index in [1.807, 2.05) is 0 Å². The molecule has 21 heteroatoms. The minimum Gasteiger partial charge on any atom is -0.746 e. The molecule has 4 atom stereocenters. The predicted octanol–water partition coefficient (Wildman–Crippen LogP) is -3.34. The average Bonchev–Trinajstić information content (AvgIpc) is 2.63. The van der Waals surface area contributed by atoms with Crippen molar-refractivity contribution < 1.29 is 72.3 Å². The van der Waals surface area contributed by atoms with Gasteiger partial charge in [-0.1, -0.05) is 27.7 Å². The third kappa shape index (κ3) is 28.5. The molecule has 0 aliphatic heterocycles. The Morgan fingerprint density at radius 1 is 0.455 bits per heavy atom. The number of aliphatic hydroxyl groups excluding tert-OH is 4. The van der Waals surface area contributed by atoms with E-state index in [0.717, 1.165) is 0 Å². The second kappa shape index (κ2) is 19.6. The number of hydrogen-bond acceptors (Lipinski definition) is 16. The maximum absolute atomic E-state index is 9.76. The molecule has 4 unspecified atom stereocenters. The largest absolute Gasteiger partial charge is 0.746 e. The first kappa shape index (κ1) is 43.5. The first-order chi connectivity index (χ1) is 13.9. The first-order valence-corrected chi connectivity index (χ1v) is 14.3. The van der Waals surface area contributed by atoms with Crippen molar-refractivity contribution >= 4 is 67.8 Å². The topological polar surface area (TPSA) is 310 Å². The van der Waals surface area contributed by atoms with Gasteiger partial charge in [-0.15, -0.1) is 0 Å². The fraction of sp³-hybridized carbons (Fsp3) is 1.00. The van der Waals surface area contributed by atoms with E-state index >= 15 is 0 Å². The zero-order chi connectivity index (χ0) is 27.1. The van der Waals surface area contributed by atoms with Gasteiger partial charge in [-0.05, 0) is 25.7 Å². The Balaban J connectivity index is -0.000000105. The third-order valence-electron chi connectivity index (χ3n) is 2.73. The maximum atomic E-state index is 9.76. The quantitative estimate of drug-likeness (QED) is 0.139. The van der Waals surface area contributed by atoms with Gasteiger partial charge in [0, 0.05) is 27.3 Å². The van der Waals surface area contributed by atoms with Gasteiger partial charge in [0.15, 0.2) is 0 Å². The predicted molar refractivity (Wildman–Crippen MR) is 110 cm³/mol. The van der Waals surface area contributed by atoms with Crippen LogP contribution < -0.4 is 0 Å². The molecule has 0 aliphatic carbocycles. The number of hydrogen-bond donors (Lipinski definition) is 4. The van der Waals surface area contributed by atoms with E-state index < -0.39 is 62.2 Å². The van der Waals surface area contributed by atoms with E-state index in [2.05, 4.69) is 0 Å². The monoisotopic (exact) mass is 764 g/mol. The van der Waals surface area contributed by atoms with Crippen LogP contribution in [0.3, 0.4) is 0 Å². The van der Waals surface area contributed by atoms with Gasteiger partial charge >= 0.3 is 0 Å². The number of rotatable bonds is 8. The Morgan fingerprint density at radius 3 is 0.545 bits per heavy atom. The van der Waals surface area contributed by atoms with Gasteiger partial charge in [0.1, 0.15) is 62.2 Å². The molecule has 0 aromatic carbocycles. The summed E-state index contributed by atoms with van der Waals surface area (Å²) < 4.78 is 117. The normalized spacial score (nSPS) is 15.4. The standard InChI is InChI=1S/4C3H8O4S.Pb/c4*1-2-3(4)8(5,6)7;/h4*3-4H,2H2,1H3,(H,5,6,7);/p-4. The summed E-state index contributed by atoms with van der Waals surface area (Å²) in [7, 11) is -17.8. The molecule has 0 amide bonds. The van der Waals surface area contributed by atoms with Crippen molar-refractivity contribution in [1.82, 2.24) is 0 Å². The van der Waals surface area contributed by atoms with Crippen LogP contribution >= 0.6 is 0 Å². The molecule has 33 heavy (non-hydrogen) atoms.